The second-order valence-electron chi connectivity index (χ2n) is 2.24. The molecule has 0 saturated heterocycles. The molecule has 69 valence electrons. The van der Waals surface area contributed by atoms with Crippen molar-refractivity contribution < 1.29 is 9.53 Å². The lowest BCUT2D eigenvalue weighted by atomic mass is 10.3. The standard InChI is InChI=1S/C9H9ClNO2/c10-6-7-11-9(12)13-8-4-2-1-3-5-8/h2-5H,6-7H2,(H,11,12). The van der Waals surface area contributed by atoms with Crippen LogP contribution in [0.5, 0.6) is 5.75 Å². The first-order valence-electron chi connectivity index (χ1n) is 3.80. The molecule has 0 heterocycles. The van der Waals surface area contributed by atoms with Gasteiger partial charge in [-0.1, -0.05) is 12.1 Å². The quantitative estimate of drug-likeness (QED) is 0.753. The number of alkyl halides is 1. The van der Waals surface area contributed by atoms with Crippen LogP contribution in [0.3, 0.4) is 0 Å². The van der Waals surface area contributed by atoms with Crippen molar-refractivity contribution in [2.45, 2.75) is 0 Å². The number of carbonyl (C=O) groups excluding carboxylic acids is 1. The lowest BCUT2D eigenvalue weighted by Gasteiger charge is -2.03. The van der Waals surface area contributed by atoms with E-state index in [0.717, 1.165) is 0 Å². The SMILES string of the molecule is O=C(NCCCl)Oc1cc[c]cc1. The van der Waals surface area contributed by atoms with Gasteiger partial charge in [0.15, 0.2) is 0 Å². The van der Waals surface area contributed by atoms with Gasteiger partial charge in [0.2, 0.25) is 0 Å². The molecule has 0 spiro atoms. The Morgan fingerprint density at radius 1 is 1.54 bits per heavy atom. The molecular weight excluding hydrogens is 190 g/mol. The summed E-state index contributed by atoms with van der Waals surface area (Å²) in [6, 6.07) is 9.46. The topological polar surface area (TPSA) is 38.3 Å². The van der Waals surface area contributed by atoms with Crippen LogP contribution in [-0.2, 0) is 0 Å². The highest BCUT2D eigenvalue weighted by atomic mass is 35.5. The third-order valence-electron chi connectivity index (χ3n) is 1.26. The van der Waals surface area contributed by atoms with Gasteiger partial charge in [0.1, 0.15) is 5.75 Å². The van der Waals surface area contributed by atoms with E-state index >= 15 is 0 Å². The maximum Gasteiger partial charge on any atom is 0.412 e. The van der Waals surface area contributed by atoms with Gasteiger partial charge in [0, 0.05) is 12.4 Å². The van der Waals surface area contributed by atoms with E-state index in [1.807, 2.05) is 0 Å². The second kappa shape index (κ2) is 5.43. The fraction of sp³-hybridized carbons (Fsp3) is 0.222. The Balaban J connectivity index is 2.37. The molecule has 0 aromatic heterocycles. The molecule has 1 radical (unpaired) electrons. The number of amides is 1. The molecule has 0 fully saturated rings. The Bertz CT molecular complexity index is 264. The van der Waals surface area contributed by atoms with E-state index in [2.05, 4.69) is 11.4 Å². The number of hydrogen-bond donors (Lipinski definition) is 1. The predicted molar refractivity (Wildman–Crippen MR) is 50.0 cm³/mol. The highest BCUT2D eigenvalue weighted by molar-refractivity contribution is 6.18. The van der Waals surface area contributed by atoms with Gasteiger partial charge >= 0.3 is 6.09 Å². The van der Waals surface area contributed by atoms with Crippen molar-refractivity contribution in [2.24, 2.45) is 0 Å². The summed E-state index contributed by atoms with van der Waals surface area (Å²) in [7, 11) is 0. The summed E-state index contributed by atoms with van der Waals surface area (Å²) in [5.41, 5.74) is 0. The van der Waals surface area contributed by atoms with Crippen LogP contribution in [0.15, 0.2) is 24.3 Å². The molecule has 0 saturated carbocycles. The fourth-order valence-corrected chi connectivity index (χ4v) is 0.827. The number of rotatable bonds is 3. The molecule has 1 amide bonds. The summed E-state index contributed by atoms with van der Waals surface area (Å²) >= 11 is 5.37. The number of halogens is 1. The molecule has 0 aliphatic rings. The number of ether oxygens (including phenoxy) is 1. The normalized spacial score (nSPS) is 9.31. The summed E-state index contributed by atoms with van der Waals surface area (Å²) in [5, 5.41) is 2.48. The Morgan fingerprint density at radius 3 is 2.85 bits per heavy atom. The minimum Gasteiger partial charge on any atom is -0.410 e. The molecule has 4 heteroatoms. The molecule has 1 N–H and O–H groups in total. The number of nitrogens with one attached hydrogen (secondary N) is 1. The van der Waals surface area contributed by atoms with Crippen molar-refractivity contribution in [3.8, 4) is 5.75 Å². The van der Waals surface area contributed by atoms with Crippen molar-refractivity contribution >= 4 is 17.7 Å². The predicted octanol–water partition coefficient (Wildman–Crippen LogP) is 1.81. The molecule has 0 bridgehead atoms. The van der Waals surface area contributed by atoms with E-state index in [0.29, 0.717) is 18.2 Å². The van der Waals surface area contributed by atoms with Gasteiger partial charge in [-0.2, -0.15) is 0 Å². The van der Waals surface area contributed by atoms with Crippen molar-refractivity contribution in [2.75, 3.05) is 12.4 Å². The molecule has 0 atom stereocenters. The molecule has 0 aliphatic carbocycles. The smallest absolute Gasteiger partial charge is 0.410 e. The summed E-state index contributed by atoms with van der Waals surface area (Å²) in [5.74, 6) is 0.864. The van der Waals surface area contributed by atoms with Crippen molar-refractivity contribution in [3.05, 3.63) is 30.3 Å². The van der Waals surface area contributed by atoms with Gasteiger partial charge in [-0.25, -0.2) is 4.79 Å². The monoisotopic (exact) mass is 198 g/mol. The molecule has 0 unspecified atom stereocenters. The minimum atomic E-state index is -0.494. The average molecular weight is 199 g/mol. The largest absolute Gasteiger partial charge is 0.412 e. The van der Waals surface area contributed by atoms with E-state index < -0.39 is 6.09 Å². The van der Waals surface area contributed by atoms with Crippen LogP contribution in [0.2, 0.25) is 0 Å². The van der Waals surface area contributed by atoms with Gasteiger partial charge < -0.3 is 10.1 Å². The molecule has 1 rings (SSSR count). The lowest BCUT2D eigenvalue weighted by Crippen LogP contribution is -2.28. The Kier molecular flexibility index (Phi) is 4.12. The van der Waals surface area contributed by atoms with Crippen LogP contribution in [0.25, 0.3) is 0 Å². The van der Waals surface area contributed by atoms with E-state index in [1.54, 1.807) is 24.3 Å². The maximum absolute atomic E-state index is 11.0. The second-order valence-corrected chi connectivity index (χ2v) is 2.62. The summed E-state index contributed by atoms with van der Waals surface area (Å²) in [4.78, 5) is 11.0. The molecule has 1 aromatic carbocycles. The Hall–Kier alpha value is -1.22. The van der Waals surface area contributed by atoms with Gasteiger partial charge in [-0.3, -0.25) is 0 Å². The average Bonchev–Trinajstić information content (AvgIpc) is 2.16. The van der Waals surface area contributed by atoms with Crippen LogP contribution in [0.1, 0.15) is 0 Å². The first-order chi connectivity index (χ1) is 6.33. The lowest BCUT2D eigenvalue weighted by molar-refractivity contribution is 0.201. The molecule has 3 nitrogen and oxygen atoms in total. The minimum absolute atomic E-state index is 0.373. The summed E-state index contributed by atoms with van der Waals surface area (Å²) in [6.07, 6.45) is -0.494. The van der Waals surface area contributed by atoms with Gasteiger partial charge in [0.25, 0.3) is 0 Å². The maximum atomic E-state index is 11.0. The zero-order valence-electron chi connectivity index (χ0n) is 6.92. The first-order valence-corrected chi connectivity index (χ1v) is 4.34. The van der Waals surface area contributed by atoms with E-state index in [-0.39, 0.29) is 0 Å². The number of carbonyl (C=O) groups is 1. The van der Waals surface area contributed by atoms with Crippen LogP contribution in [0.4, 0.5) is 4.79 Å². The van der Waals surface area contributed by atoms with Crippen LogP contribution in [-0.4, -0.2) is 18.5 Å². The van der Waals surface area contributed by atoms with Gasteiger partial charge in [-0.15, -0.1) is 11.6 Å². The summed E-state index contributed by atoms with van der Waals surface area (Å²) < 4.78 is 4.89. The van der Waals surface area contributed by atoms with Crippen molar-refractivity contribution in [3.63, 3.8) is 0 Å². The Morgan fingerprint density at radius 2 is 2.23 bits per heavy atom. The van der Waals surface area contributed by atoms with E-state index in [1.165, 1.54) is 0 Å². The molecular formula is C9H9ClNO2. The first kappa shape index (κ1) is 9.86. The number of hydrogen-bond acceptors (Lipinski definition) is 2. The third kappa shape index (κ3) is 3.80. The van der Waals surface area contributed by atoms with Gasteiger partial charge in [-0.05, 0) is 18.2 Å². The fourth-order valence-electron chi connectivity index (χ4n) is 0.732. The molecule has 0 aliphatic heterocycles. The van der Waals surface area contributed by atoms with Crippen molar-refractivity contribution in [1.29, 1.82) is 0 Å². The Labute approximate surface area is 81.7 Å². The van der Waals surface area contributed by atoms with E-state index in [4.69, 9.17) is 16.3 Å². The molecule has 13 heavy (non-hydrogen) atoms. The van der Waals surface area contributed by atoms with Crippen LogP contribution < -0.4 is 10.1 Å². The van der Waals surface area contributed by atoms with Gasteiger partial charge in [0.05, 0.1) is 0 Å². The van der Waals surface area contributed by atoms with Crippen molar-refractivity contribution in [1.82, 2.24) is 5.32 Å². The zero-order chi connectivity index (χ0) is 9.52. The van der Waals surface area contributed by atoms with E-state index in [9.17, 15) is 4.79 Å². The number of benzene rings is 1. The van der Waals surface area contributed by atoms with Crippen LogP contribution >= 0.6 is 11.6 Å². The molecule has 1 aromatic rings. The third-order valence-corrected chi connectivity index (χ3v) is 1.45. The summed E-state index contributed by atoms with van der Waals surface area (Å²) in [6.45, 7) is 0.402. The van der Waals surface area contributed by atoms with Crippen LogP contribution in [0, 0.1) is 6.07 Å². The highest BCUT2D eigenvalue weighted by Crippen LogP contribution is 2.07. The highest BCUT2D eigenvalue weighted by Gasteiger charge is 2.00. The zero-order valence-corrected chi connectivity index (χ0v) is 7.67.